The van der Waals surface area contributed by atoms with Gasteiger partial charge in [-0.1, -0.05) is 18.5 Å². The Kier molecular flexibility index (Phi) is 6.30. The highest BCUT2D eigenvalue weighted by atomic mass is 35.5. The lowest BCUT2D eigenvalue weighted by atomic mass is 9.95. The van der Waals surface area contributed by atoms with Gasteiger partial charge in [0, 0.05) is 44.0 Å². The molecule has 1 aliphatic rings. The summed E-state index contributed by atoms with van der Waals surface area (Å²) < 4.78 is 5.04. The molecule has 4 nitrogen and oxygen atoms in total. The van der Waals surface area contributed by atoms with Gasteiger partial charge in [0.05, 0.1) is 12.7 Å². The third kappa shape index (κ3) is 4.58. The van der Waals surface area contributed by atoms with E-state index in [9.17, 15) is 5.11 Å². The zero-order valence-corrected chi connectivity index (χ0v) is 13.6. The van der Waals surface area contributed by atoms with Crippen molar-refractivity contribution in [2.45, 2.75) is 26.0 Å². The fraction of sp³-hybridized carbons (Fsp3) is 0.625. The number of nitrogens with one attached hydrogen (secondary N) is 1. The van der Waals surface area contributed by atoms with E-state index in [-0.39, 0.29) is 6.10 Å². The molecule has 118 valence electrons. The van der Waals surface area contributed by atoms with Gasteiger partial charge in [-0.05, 0) is 36.1 Å². The largest absolute Gasteiger partial charge is 0.391 e. The summed E-state index contributed by atoms with van der Waals surface area (Å²) in [5.74, 6) is 0.372. The van der Waals surface area contributed by atoms with Gasteiger partial charge in [0.1, 0.15) is 0 Å². The quantitative estimate of drug-likeness (QED) is 0.791. The number of hydrogen-bond donors (Lipinski definition) is 2. The van der Waals surface area contributed by atoms with Gasteiger partial charge in [0.25, 0.3) is 0 Å². The molecule has 2 unspecified atom stereocenters. The highest BCUT2D eigenvalue weighted by Crippen LogP contribution is 2.28. The number of hydrogen-bond acceptors (Lipinski definition) is 4. The number of nitrogens with zero attached hydrogens (tertiary/aromatic N) is 1. The van der Waals surface area contributed by atoms with E-state index in [0.29, 0.717) is 19.1 Å². The van der Waals surface area contributed by atoms with Crippen LogP contribution in [-0.4, -0.2) is 44.6 Å². The van der Waals surface area contributed by atoms with Crippen LogP contribution in [0.25, 0.3) is 0 Å². The van der Waals surface area contributed by atoms with Gasteiger partial charge in [-0.15, -0.1) is 0 Å². The first kappa shape index (κ1) is 16.6. The topological polar surface area (TPSA) is 44.7 Å². The average Bonchev–Trinajstić information content (AvgIpc) is 2.47. The molecule has 1 fully saturated rings. The zero-order chi connectivity index (χ0) is 15.2. The Balaban J connectivity index is 2.07. The molecule has 0 radical (unpaired) electrons. The third-order valence-corrected chi connectivity index (χ3v) is 4.33. The van der Waals surface area contributed by atoms with Gasteiger partial charge in [-0.2, -0.15) is 0 Å². The SMILES string of the molecule is COCCNCc1cc(Cl)ccc1N1CCC(C)C(O)C1. The van der Waals surface area contributed by atoms with Crippen molar-refractivity contribution in [3.05, 3.63) is 28.8 Å². The van der Waals surface area contributed by atoms with Gasteiger partial charge >= 0.3 is 0 Å². The first-order valence-electron chi connectivity index (χ1n) is 7.53. The molecule has 0 aliphatic carbocycles. The van der Waals surface area contributed by atoms with Crippen LogP contribution in [0.2, 0.25) is 5.02 Å². The van der Waals surface area contributed by atoms with E-state index in [1.807, 2.05) is 12.1 Å². The Labute approximate surface area is 132 Å². The van der Waals surface area contributed by atoms with Crippen LogP contribution in [-0.2, 0) is 11.3 Å². The molecule has 1 aromatic carbocycles. The second-order valence-corrected chi connectivity index (χ2v) is 6.16. The standard InChI is InChI=1S/C16H25ClN2O2/c1-12-5-7-19(11-16(12)20)15-4-3-14(17)9-13(15)10-18-6-8-21-2/h3-4,9,12,16,18,20H,5-8,10-11H2,1-2H3. The summed E-state index contributed by atoms with van der Waals surface area (Å²) in [5, 5.41) is 14.2. The molecule has 1 aliphatic heterocycles. The zero-order valence-electron chi connectivity index (χ0n) is 12.8. The molecule has 1 saturated heterocycles. The van der Waals surface area contributed by atoms with Gasteiger partial charge < -0.3 is 20.1 Å². The van der Waals surface area contributed by atoms with Crippen LogP contribution in [0.3, 0.4) is 0 Å². The second-order valence-electron chi connectivity index (χ2n) is 5.72. The molecule has 1 aromatic rings. The summed E-state index contributed by atoms with van der Waals surface area (Å²) in [6, 6.07) is 5.97. The predicted molar refractivity (Wildman–Crippen MR) is 87.0 cm³/mol. The molecule has 0 spiro atoms. The number of aliphatic hydroxyl groups excluding tert-OH is 1. The van der Waals surface area contributed by atoms with Crippen LogP contribution >= 0.6 is 11.6 Å². The predicted octanol–water partition coefficient (Wildman–Crippen LogP) is 2.28. The molecule has 2 N–H and O–H groups in total. The van der Waals surface area contributed by atoms with E-state index in [1.165, 1.54) is 5.56 Å². The number of piperidine rings is 1. The van der Waals surface area contributed by atoms with Crippen LogP contribution in [0.1, 0.15) is 18.9 Å². The summed E-state index contributed by atoms with van der Waals surface area (Å²) in [6.45, 7) is 6.02. The van der Waals surface area contributed by atoms with Crippen LogP contribution in [0, 0.1) is 5.92 Å². The molecule has 1 heterocycles. The minimum absolute atomic E-state index is 0.260. The van der Waals surface area contributed by atoms with Crippen molar-refractivity contribution in [2.75, 3.05) is 38.3 Å². The molecule has 2 rings (SSSR count). The maximum atomic E-state index is 10.1. The van der Waals surface area contributed by atoms with Crippen LogP contribution < -0.4 is 10.2 Å². The minimum Gasteiger partial charge on any atom is -0.391 e. The normalized spacial score (nSPS) is 22.6. The van der Waals surface area contributed by atoms with Crippen LogP contribution in [0.4, 0.5) is 5.69 Å². The summed E-state index contributed by atoms with van der Waals surface area (Å²) in [4.78, 5) is 2.26. The Hall–Kier alpha value is -0.810. The molecule has 5 heteroatoms. The summed E-state index contributed by atoms with van der Waals surface area (Å²) in [6.07, 6.45) is 0.754. The number of rotatable bonds is 6. The lowest BCUT2D eigenvalue weighted by molar-refractivity contribution is 0.103. The average molecular weight is 313 g/mol. The van der Waals surface area contributed by atoms with Crippen molar-refractivity contribution in [1.29, 1.82) is 0 Å². The number of benzene rings is 1. The van der Waals surface area contributed by atoms with E-state index in [1.54, 1.807) is 7.11 Å². The number of ether oxygens (including phenoxy) is 1. The van der Waals surface area contributed by atoms with Crippen molar-refractivity contribution in [3.8, 4) is 0 Å². The lowest BCUT2D eigenvalue weighted by Gasteiger charge is -2.37. The fourth-order valence-electron chi connectivity index (χ4n) is 2.67. The summed E-state index contributed by atoms with van der Waals surface area (Å²) >= 11 is 6.13. The number of β-amino-alcohol motifs (C(OH)–C–C–N with tert-alkyl or cyclic N) is 1. The van der Waals surface area contributed by atoms with Gasteiger partial charge in [-0.3, -0.25) is 0 Å². The molecule has 0 amide bonds. The van der Waals surface area contributed by atoms with Crippen molar-refractivity contribution in [3.63, 3.8) is 0 Å². The molecule has 21 heavy (non-hydrogen) atoms. The molecule has 2 atom stereocenters. The van der Waals surface area contributed by atoms with Gasteiger partial charge in [-0.25, -0.2) is 0 Å². The van der Waals surface area contributed by atoms with E-state index >= 15 is 0 Å². The smallest absolute Gasteiger partial charge is 0.0741 e. The molecule has 0 saturated carbocycles. The van der Waals surface area contributed by atoms with Crippen molar-refractivity contribution < 1.29 is 9.84 Å². The van der Waals surface area contributed by atoms with E-state index in [0.717, 1.165) is 36.8 Å². The van der Waals surface area contributed by atoms with Crippen molar-refractivity contribution in [1.82, 2.24) is 5.32 Å². The first-order chi connectivity index (χ1) is 10.1. The number of methoxy groups -OCH3 is 1. The highest BCUT2D eigenvalue weighted by molar-refractivity contribution is 6.30. The molecular formula is C16H25ClN2O2. The number of anilines is 1. The van der Waals surface area contributed by atoms with Crippen molar-refractivity contribution in [2.24, 2.45) is 5.92 Å². The van der Waals surface area contributed by atoms with Crippen LogP contribution in [0.5, 0.6) is 0 Å². The minimum atomic E-state index is -0.260. The summed E-state index contributed by atoms with van der Waals surface area (Å²) in [7, 11) is 1.70. The van der Waals surface area contributed by atoms with Crippen molar-refractivity contribution >= 4 is 17.3 Å². The maximum Gasteiger partial charge on any atom is 0.0741 e. The Morgan fingerprint density at radius 1 is 1.48 bits per heavy atom. The number of halogens is 1. The second kappa shape index (κ2) is 7.99. The lowest BCUT2D eigenvalue weighted by Crippen LogP contribution is -2.43. The van der Waals surface area contributed by atoms with Crippen LogP contribution in [0.15, 0.2) is 18.2 Å². The Bertz CT molecular complexity index is 456. The third-order valence-electron chi connectivity index (χ3n) is 4.10. The van der Waals surface area contributed by atoms with E-state index in [4.69, 9.17) is 16.3 Å². The molecule has 0 aromatic heterocycles. The summed E-state index contributed by atoms with van der Waals surface area (Å²) in [5.41, 5.74) is 2.33. The van der Waals surface area contributed by atoms with Gasteiger partial charge in [0.2, 0.25) is 0 Å². The maximum absolute atomic E-state index is 10.1. The van der Waals surface area contributed by atoms with Gasteiger partial charge in [0.15, 0.2) is 0 Å². The first-order valence-corrected chi connectivity index (χ1v) is 7.90. The number of aliphatic hydroxyl groups is 1. The Morgan fingerprint density at radius 3 is 3.00 bits per heavy atom. The van der Waals surface area contributed by atoms with E-state index < -0.39 is 0 Å². The monoisotopic (exact) mass is 312 g/mol. The Morgan fingerprint density at radius 2 is 2.29 bits per heavy atom. The fourth-order valence-corrected chi connectivity index (χ4v) is 2.86. The molecule has 0 bridgehead atoms. The highest BCUT2D eigenvalue weighted by Gasteiger charge is 2.25. The molecular weight excluding hydrogens is 288 g/mol. The van der Waals surface area contributed by atoms with E-state index in [2.05, 4.69) is 23.2 Å².